The fourth-order valence-corrected chi connectivity index (χ4v) is 5.07. The van der Waals surface area contributed by atoms with E-state index in [2.05, 4.69) is 15.2 Å². The number of carbonyl (C=O) groups is 2. The number of thiazole rings is 1. The van der Waals surface area contributed by atoms with E-state index in [-0.39, 0.29) is 5.91 Å². The average molecular weight is 433 g/mol. The molecule has 2 N–H and O–H groups in total. The molecule has 0 aliphatic carbocycles. The number of carboxylic acid groups (broad SMARTS) is 1. The third-order valence-corrected chi connectivity index (χ3v) is 6.77. The number of hydrogen-bond donors (Lipinski definition) is 2. The van der Waals surface area contributed by atoms with Gasteiger partial charge in [-0.25, -0.2) is 9.78 Å². The van der Waals surface area contributed by atoms with Gasteiger partial charge in [0.15, 0.2) is 5.13 Å². The number of thiophene rings is 1. The zero-order valence-electron chi connectivity index (χ0n) is 16.0. The standard InChI is InChI=1S/C19H20N4O4S2/c1-11-3-6-14(28-11)17(24)21-18-20-15-13(27-2)5-4-12(16(15)29-18)22-7-9-23(10-8-22)19(25)26/h3-6H,7-10H2,1-2H3,(H,25,26)(H,20,21,24). The van der Waals surface area contributed by atoms with Crippen LogP contribution in [0, 0.1) is 6.92 Å². The van der Waals surface area contributed by atoms with Gasteiger partial charge in [-0.1, -0.05) is 11.3 Å². The van der Waals surface area contributed by atoms with Crippen LogP contribution >= 0.6 is 22.7 Å². The molecule has 10 heteroatoms. The van der Waals surface area contributed by atoms with Gasteiger partial charge in [0.1, 0.15) is 11.3 Å². The van der Waals surface area contributed by atoms with E-state index in [1.54, 1.807) is 13.2 Å². The maximum Gasteiger partial charge on any atom is 0.407 e. The van der Waals surface area contributed by atoms with Crippen molar-refractivity contribution in [3.05, 3.63) is 34.0 Å². The number of ether oxygens (including phenoxy) is 1. The molecule has 1 aliphatic heterocycles. The molecule has 0 atom stereocenters. The predicted molar refractivity (Wildman–Crippen MR) is 115 cm³/mol. The number of benzene rings is 1. The number of nitrogens with one attached hydrogen (secondary N) is 1. The van der Waals surface area contributed by atoms with Gasteiger partial charge in [0, 0.05) is 31.1 Å². The van der Waals surface area contributed by atoms with E-state index in [9.17, 15) is 9.59 Å². The molecular weight excluding hydrogens is 412 g/mol. The molecule has 0 unspecified atom stereocenters. The van der Waals surface area contributed by atoms with Crippen LogP contribution in [-0.4, -0.2) is 60.3 Å². The monoisotopic (exact) mass is 432 g/mol. The smallest absolute Gasteiger partial charge is 0.407 e. The minimum Gasteiger partial charge on any atom is -0.494 e. The number of aromatic nitrogens is 1. The molecule has 0 spiro atoms. The molecule has 2 amide bonds. The van der Waals surface area contributed by atoms with Crippen LogP contribution in [0.25, 0.3) is 10.2 Å². The highest BCUT2D eigenvalue weighted by atomic mass is 32.1. The molecule has 1 fully saturated rings. The number of anilines is 2. The van der Waals surface area contributed by atoms with Gasteiger partial charge in [0.2, 0.25) is 0 Å². The Labute approximate surface area is 175 Å². The second-order valence-electron chi connectivity index (χ2n) is 6.60. The number of rotatable bonds is 4. The van der Waals surface area contributed by atoms with E-state index in [1.165, 1.54) is 27.6 Å². The molecule has 2 aromatic heterocycles. The SMILES string of the molecule is COc1ccc(N2CCN(C(=O)O)CC2)c2sc(NC(=O)c3ccc(C)s3)nc12. The van der Waals surface area contributed by atoms with Crippen molar-refractivity contribution in [3.63, 3.8) is 0 Å². The summed E-state index contributed by atoms with van der Waals surface area (Å²) in [5, 5.41) is 12.6. The summed E-state index contributed by atoms with van der Waals surface area (Å²) in [5.74, 6) is 0.453. The van der Waals surface area contributed by atoms with Crippen molar-refractivity contribution in [3.8, 4) is 5.75 Å². The Morgan fingerprint density at radius 1 is 1.14 bits per heavy atom. The van der Waals surface area contributed by atoms with Gasteiger partial charge in [0.25, 0.3) is 5.91 Å². The minimum atomic E-state index is -0.892. The Morgan fingerprint density at radius 2 is 1.90 bits per heavy atom. The van der Waals surface area contributed by atoms with Crippen molar-refractivity contribution >= 4 is 55.7 Å². The highest BCUT2D eigenvalue weighted by Crippen LogP contribution is 2.39. The highest BCUT2D eigenvalue weighted by molar-refractivity contribution is 7.23. The summed E-state index contributed by atoms with van der Waals surface area (Å²) in [6.45, 7) is 4.05. The fourth-order valence-electron chi connectivity index (χ4n) is 3.29. The van der Waals surface area contributed by atoms with Gasteiger partial charge in [-0.3, -0.25) is 10.1 Å². The van der Waals surface area contributed by atoms with Gasteiger partial charge in [-0.15, -0.1) is 11.3 Å². The van der Waals surface area contributed by atoms with E-state index in [0.29, 0.717) is 47.5 Å². The van der Waals surface area contributed by atoms with Crippen LogP contribution in [-0.2, 0) is 0 Å². The first-order valence-electron chi connectivity index (χ1n) is 9.04. The van der Waals surface area contributed by atoms with Crippen LogP contribution in [0.15, 0.2) is 24.3 Å². The fraction of sp³-hybridized carbons (Fsp3) is 0.316. The number of methoxy groups -OCH3 is 1. The molecule has 29 heavy (non-hydrogen) atoms. The third kappa shape index (κ3) is 3.85. The first kappa shape index (κ1) is 19.5. The number of aryl methyl sites for hydroxylation is 1. The lowest BCUT2D eigenvalue weighted by atomic mass is 10.2. The number of nitrogens with zero attached hydrogens (tertiary/aromatic N) is 3. The number of carbonyl (C=O) groups excluding carboxylic acids is 1. The van der Waals surface area contributed by atoms with Gasteiger partial charge in [-0.2, -0.15) is 0 Å². The molecule has 0 radical (unpaired) electrons. The van der Waals surface area contributed by atoms with E-state index < -0.39 is 6.09 Å². The van der Waals surface area contributed by atoms with Crippen molar-refractivity contribution < 1.29 is 19.4 Å². The highest BCUT2D eigenvalue weighted by Gasteiger charge is 2.24. The van der Waals surface area contributed by atoms with E-state index >= 15 is 0 Å². The summed E-state index contributed by atoms with van der Waals surface area (Å²) in [6.07, 6.45) is -0.892. The lowest BCUT2D eigenvalue weighted by Crippen LogP contribution is -2.48. The quantitative estimate of drug-likeness (QED) is 0.652. The minimum absolute atomic E-state index is 0.183. The Hall–Kier alpha value is -2.85. The van der Waals surface area contributed by atoms with E-state index in [1.807, 2.05) is 25.1 Å². The second-order valence-corrected chi connectivity index (χ2v) is 8.89. The lowest BCUT2D eigenvalue weighted by Gasteiger charge is -2.34. The average Bonchev–Trinajstić information content (AvgIpc) is 3.33. The third-order valence-electron chi connectivity index (χ3n) is 4.78. The number of amides is 2. The summed E-state index contributed by atoms with van der Waals surface area (Å²) in [6, 6.07) is 7.53. The van der Waals surface area contributed by atoms with Crippen molar-refractivity contribution in [2.45, 2.75) is 6.92 Å². The molecule has 1 saturated heterocycles. The molecule has 1 aromatic carbocycles. The van der Waals surface area contributed by atoms with Crippen LogP contribution in [0.2, 0.25) is 0 Å². The van der Waals surface area contributed by atoms with Crippen molar-refractivity contribution in [1.82, 2.24) is 9.88 Å². The predicted octanol–water partition coefficient (Wildman–Crippen LogP) is 3.73. The summed E-state index contributed by atoms with van der Waals surface area (Å²) >= 11 is 2.83. The largest absolute Gasteiger partial charge is 0.494 e. The van der Waals surface area contributed by atoms with Crippen LogP contribution in [0.1, 0.15) is 14.5 Å². The summed E-state index contributed by atoms with van der Waals surface area (Å²) in [5.41, 5.74) is 1.66. The molecule has 3 heterocycles. The Bertz CT molecular complexity index is 1070. The molecule has 8 nitrogen and oxygen atoms in total. The van der Waals surface area contributed by atoms with E-state index in [4.69, 9.17) is 9.84 Å². The number of hydrogen-bond acceptors (Lipinski definition) is 7. The number of piperazine rings is 1. The maximum absolute atomic E-state index is 12.5. The number of fused-ring (bicyclic) bond motifs is 1. The van der Waals surface area contributed by atoms with Crippen LogP contribution < -0.4 is 15.0 Å². The second kappa shape index (κ2) is 7.88. The summed E-state index contributed by atoms with van der Waals surface area (Å²) < 4.78 is 6.36. The van der Waals surface area contributed by atoms with Gasteiger partial charge < -0.3 is 19.6 Å². The first-order chi connectivity index (χ1) is 14.0. The van der Waals surface area contributed by atoms with Crippen LogP contribution in [0.3, 0.4) is 0 Å². The zero-order chi connectivity index (χ0) is 20.5. The molecular formula is C19H20N4O4S2. The topological polar surface area (TPSA) is 95.0 Å². The summed E-state index contributed by atoms with van der Waals surface area (Å²) in [7, 11) is 1.59. The molecule has 0 saturated carbocycles. The Morgan fingerprint density at radius 3 is 2.52 bits per heavy atom. The van der Waals surface area contributed by atoms with Crippen molar-refractivity contribution in [2.24, 2.45) is 0 Å². The van der Waals surface area contributed by atoms with Gasteiger partial charge >= 0.3 is 6.09 Å². The summed E-state index contributed by atoms with van der Waals surface area (Å²) in [4.78, 5) is 33.5. The Balaban J connectivity index is 1.63. The molecule has 0 bridgehead atoms. The first-order valence-corrected chi connectivity index (χ1v) is 10.7. The Kier molecular flexibility index (Phi) is 5.29. The lowest BCUT2D eigenvalue weighted by molar-refractivity contribution is 0.103. The molecule has 3 aromatic rings. The van der Waals surface area contributed by atoms with Crippen molar-refractivity contribution in [2.75, 3.05) is 43.5 Å². The molecule has 4 rings (SSSR count). The van der Waals surface area contributed by atoms with Crippen LogP contribution in [0.4, 0.5) is 15.6 Å². The van der Waals surface area contributed by atoms with Crippen molar-refractivity contribution in [1.29, 1.82) is 0 Å². The van der Waals surface area contributed by atoms with Crippen LogP contribution in [0.5, 0.6) is 5.75 Å². The molecule has 152 valence electrons. The van der Waals surface area contributed by atoms with E-state index in [0.717, 1.165) is 15.3 Å². The van der Waals surface area contributed by atoms with Gasteiger partial charge in [0.05, 0.1) is 22.4 Å². The zero-order valence-corrected chi connectivity index (χ0v) is 17.6. The molecule has 1 aliphatic rings. The maximum atomic E-state index is 12.5. The van der Waals surface area contributed by atoms with Gasteiger partial charge in [-0.05, 0) is 31.2 Å². The normalized spacial score (nSPS) is 14.3.